The molecule has 0 aromatic heterocycles. The fourth-order valence-corrected chi connectivity index (χ4v) is 12.7. The summed E-state index contributed by atoms with van der Waals surface area (Å²) < 4.78 is 68.4. The van der Waals surface area contributed by atoms with E-state index in [2.05, 4.69) is 55.4 Å². The molecule has 0 saturated carbocycles. The summed E-state index contributed by atoms with van der Waals surface area (Å²) in [6.07, 6.45) is 47.3. The van der Waals surface area contributed by atoms with Gasteiger partial charge in [0, 0.05) is 25.7 Å². The summed E-state index contributed by atoms with van der Waals surface area (Å²) >= 11 is 0. The van der Waals surface area contributed by atoms with Crippen LogP contribution >= 0.6 is 15.6 Å². The number of aliphatic hydroxyl groups is 1. The fourth-order valence-electron chi connectivity index (χ4n) is 11.2. The largest absolute Gasteiger partial charge is 0.472 e. The number of hydrogen-bond donors (Lipinski definition) is 3. The van der Waals surface area contributed by atoms with Gasteiger partial charge in [-0.1, -0.05) is 319 Å². The Balaban J connectivity index is 5.24. The molecule has 0 spiro atoms. The molecule has 17 nitrogen and oxygen atoms in total. The zero-order chi connectivity index (χ0) is 68.9. The molecule has 19 heteroatoms. The van der Waals surface area contributed by atoms with Gasteiger partial charge in [0.25, 0.3) is 0 Å². The molecular weight excluding hydrogens is 1220 g/mol. The predicted octanol–water partition coefficient (Wildman–Crippen LogP) is 21.3. The molecule has 0 bridgehead atoms. The molecule has 3 N–H and O–H groups in total. The maximum Gasteiger partial charge on any atom is 0.472 e. The molecule has 0 rings (SSSR count). The minimum atomic E-state index is -4.96. The maximum atomic E-state index is 13.1. The first-order valence-corrected chi connectivity index (χ1v) is 41.2. The molecule has 0 radical (unpaired) electrons. The van der Waals surface area contributed by atoms with Gasteiger partial charge in [-0.2, -0.15) is 0 Å². The van der Waals surface area contributed by atoms with Crippen molar-refractivity contribution in [3.05, 3.63) is 0 Å². The van der Waals surface area contributed by atoms with E-state index in [0.717, 1.165) is 108 Å². The van der Waals surface area contributed by atoms with E-state index in [1.807, 2.05) is 0 Å². The number of carbonyl (C=O) groups is 4. The number of hydrogen-bond acceptors (Lipinski definition) is 15. The van der Waals surface area contributed by atoms with Gasteiger partial charge in [0.2, 0.25) is 0 Å². The second kappa shape index (κ2) is 63.5. The van der Waals surface area contributed by atoms with Crippen LogP contribution < -0.4 is 0 Å². The third-order valence-electron chi connectivity index (χ3n) is 17.4. The topological polar surface area (TPSA) is 237 Å². The second-order valence-electron chi connectivity index (χ2n) is 28.4. The van der Waals surface area contributed by atoms with E-state index in [9.17, 15) is 43.2 Å². The third kappa shape index (κ3) is 67.0. The Kier molecular flexibility index (Phi) is 62.2. The lowest BCUT2D eigenvalue weighted by atomic mass is 9.99. The summed E-state index contributed by atoms with van der Waals surface area (Å²) in [5.74, 6) is 0.913. The number of rotatable bonds is 71. The van der Waals surface area contributed by atoms with Crippen LogP contribution in [0.5, 0.6) is 0 Å². The van der Waals surface area contributed by atoms with E-state index in [-0.39, 0.29) is 25.7 Å². The highest BCUT2D eigenvalue weighted by Gasteiger charge is 2.30. The number of esters is 4. The van der Waals surface area contributed by atoms with Crippen molar-refractivity contribution in [3.63, 3.8) is 0 Å². The Bertz CT molecular complexity index is 1840. The predicted molar refractivity (Wildman–Crippen MR) is 377 cm³/mol. The van der Waals surface area contributed by atoms with Crippen molar-refractivity contribution in [1.29, 1.82) is 0 Å². The molecule has 0 aromatic rings. The molecule has 0 aliphatic rings. The molecule has 0 heterocycles. The van der Waals surface area contributed by atoms with Crippen molar-refractivity contribution in [2.45, 2.75) is 388 Å². The second-order valence-corrected chi connectivity index (χ2v) is 31.3. The molecule has 0 amide bonds. The van der Waals surface area contributed by atoms with Gasteiger partial charge in [0.15, 0.2) is 12.2 Å². The van der Waals surface area contributed by atoms with Gasteiger partial charge >= 0.3 is 39.5 Å². The van der Waals surface area contributed by atoms with Gasteiger partial charge in [-0.25, -0.2) is 9.13 Å². The minimum absolute atomic E-state index is 0.103. The summed E-state index contributed by atoms with van der Waals surface area (Å²) in [5, 5.41) is 10.6. The Morgan fingerprint density at radius 2 is 0.516 bits per heavy atom. The third-order valence-corrected chi connectivity index (χ3v) is 19.3. The lowest BCUT2D eigenvalue weighted by Crippen LogP contribution is -2.30. The number of ether oxygens (including phenoxy) is 4. The van der Waals surface area contributed by atoms with Crippen LogP contribution in [0.2, 0.25) is 0 Å². The first-order chi connectivity index (χ1) is 44.6. The van der Waals surface area contributed by atoms with Crippen molar-refractivity contribution in [2.24, 2.45) is 23.7 Å². The van der Waals surface area contributed by atoms with Gasteiger partial charge in [0.1, 0.15) is 19.3 Å². The molecule has 0 fully saturated rings. The molecule has 0 aliphatic carbocycles. The Morgan fingerprint density at radius 3 is 0.763 bits per heavy atom. The van der Waals surface area contributed by atoms with E-state index in [0.29, 0.717) is 31.6 Å². The summed E-state index contributed by atoms with van der Waals surface area (Å²) in [6.45, 7) is 14.1. The van der Waals surface area contributed by atoms with Gasteiger partial charge in [-0.05, 0) is 49.4 Å². The van der Waals surface area contributed by atoms with E-state index in [4.69, 9.17) is 37.0 Å². The number of aliphatic hydroxyl groups excluding tert-OH is 1. The Hall–Kier alpha value is -1.94. The van der Waals surface area contributed by atoms with E-state index in [1.165, 1.54) is 173 Å². The van der Waals surface area contributed by atoms with Crippen LogP contribution in [0.15, 0.2) is 0 Å². The molecular formula is C74H144O17P2. The van der Waals surface area contributed by atoms with Gasteiger partial charge in [-0.3, -0.25) is 37.3 Å². The minimum Gasteiger partial charge on any atom is -0.462 e. The summed E-state index contributed by atoms with van der Waals surface area (Å²) in [6, 6.07) is 0. The molecule has 0 aliphatic heterocycles. The van der Waals surface area contributed by atoms with Crippen molar-refractivity contribution >= 4 is 39.5 Å². The summed E-state index contributed by atoms with van der Waals surface area (Å²) in [7, 11) is -9.91. The Labute approximate surface area is 568 Å². The lowest BCUT2D eigenvalue weighted by Gasteiger charge is -2.21. The van der Waals surface area contributed by atoms with Crippen molar-refractivity contribution in [3.8, 4) is 0 Å². The maximum absolute atomic E-state index is 13.1. The molecule has 552 valence electrons. The normalized spacial score (nSPS) is 14.5. The first kappa shape index (κ1) is 91.1. The van der Waals surface area contributed by atoms with Gasteiger partial charge in [0.05, 0.1) is 26.4 Å². The monoisotopic (exact) mass is 1370 g/mol. The highest BCUT2D eigenvalue weighted by atomic mass is 31.2. The number of carbonyl (C=O) groups excluding carboxylic acids is 4. The van der Waals surface area contributed by atoms with Crippen molar-refractivity contribution in [1.82, 2.24) is 0 Å². The van der Waals surface area contributed by atoms with Crippen LogP contribution in [-0.4, -0.2) is 96.7 Å². The van der Waals surface area contributed by atoms with Crippen LogP contribution in [0.1, 0.15) is 370 Å². The lowest BCUT2D eigenvalue weighted by molar-refractivity contribution is -0.161. The quantitative estimate of drug-likeness (QED) is 0.0222. The van der Waals surface area contributed by atoms with E-state index < -0.39 is 97.5 Å². The van der Waals surface area contributed by atoms with Crippen LogP contribution in [0.3, 0.4) is 0 Å². The number of unbranched alkanes of at least 4 members (excludes halogenated alkanes) is 36. The Morgan fingerprint density at radius 1 is 0.301 bits per heavy atom. The highest BCUT2D eigenvalue weighted by molar-refractivity contribution is 7.47. The molecule has 93 heavy (non-hydrogen) atoms. The van der Waals surface area contributed by atoms with Gasteiger partial charge in [-0.15, -0.1) is 0 Å². The summed E-state index contributed by atoms with van der Waals surface area (Å²) in [5.41, 5.74) is 0. The standard InChI is InChI=1S/C74H144O17P2/c1-9-67(8)53-45-37-29-20-16-12-10-11-13-17-22-32-40-48-56-73(78)90-69(60-84-71(76)54-46-38-30-21-18-14-15-19-26-34-42-50-64(2)3)62-88-92(80,81)86-58-68(75)59-87-93(82,83)89-63-70(91-74(79)57-49-41-33-25-28-36-44-52-66(6)7)61-85-72(77)55-47-39-31-24-23-27-35-43-51-65(4)5/h64-70,75H,9-63H2,1-8H3,(H,80,81)(H,82,83)/t67?,68?,69-,70-/m1/s1. The number of phosphoric ester groups is 2. The zero-order valence-electron chi connectivity index (χ0n) is 60.9. The van der Waals surface area contributed by atoms with Gasteiger partial charge < -0.3 is 33.8 Å². The van der Waals surface area contributed by atoms with Crippen LogP contribution in [0.4, 0.5) is 0 Å². The highest BCUT2D eigenvalue weighted by Crippen LogP contribution is 2.45. The molecule has 0 aromatic carbocycles. The fraction of sp³-hybridized carbons (Fsp3) is 0.946. The number of phosphoric acid groups is 2. The first-order valence-electron chi connectivity index (χ1n) is 38.2. The molecule has 4 unspecified atom stereocenters. The SMILES string of the molecule is CCC(C)CCCCCCCCCCCCCCCCC(=O)O[C@H](COC(=O)CCCCCCCCCCCCCC(C)C)COP(=O)(O)OCC(O)COP(=O)(O)OC[C@@H](COC(=O)CCCCCCCCCCC(C)C)OC(=O)CCCCCCCCCC(C)C. The average molecular weight is 1370 g/mol. The van der Waals surface area contributed by atoms with Crippen LogP contribution in [0.25, 0.3) is 0 Å². The van der Waals surface area contributed by atoms with Crippen LogP contribution in [0, 0.1) is 23.7 Å². The van der Waals surface area contributed by atoms with E-state index >= 15 is 0 Å². The van der Waals surface area contributed by atoms with E-state index in [1.54, 1.807) is 0 Å². The molecule has 6 atom stereocenters. The smallest absolute Gasteiger partial charge is 0.462 e. The average Bonchev–Trinajstić information content (AvgIpc) is 2.23. The molecule has 0 saturated heterocycles. The summed E-state index contributed by atoms with van der Waals surface area (Å²) in [4.78, 5) is 72.7. The van der Waals surface area contributed by atoms with Crippen molar-refractivity contribution < 1.29 is 80.2 Å². The van der Waals surface area contributed by atoms with Crippen LogP contribution in [-0.2, 0) is 65.4 Å². The zero-order valence-corrected chi connectivity index (χ0v) is 62.7. The van der Waals surface area contributed by atoms with Crippen molar-refractivity contribution in [2.75, 3.05) is 39.6 Å².